The van der Waals surface area contributed by atoms with Gasteiger partial charge in [0.05, 0.1) is 12.7 Å². The third-order valence-corrected chi connectivity index (χ3v) is 3.78. The summed E-state index contributed by atoms with van der Waals surface area (Å²) in [6.07, 6.45) is 1.15. The molecule has 0 heterocycles. The largest absolute Gasteiger partial charge is 0.494 e. The van der Waals surface area contributed by atoms with E-state index in [9.17, 15) is 9.50 Å². The molecule has 0 aliphatic carbocycles. The van der Waals surface area contributed by atoms with Crippen LogP contribution in [0.3, 0.4) is 0 Å². The van der Waals surface area contributed by atoms with Crippen LogP contribution >= 0.6 is 0 Å². The molecule has 21 heavy (non-hydrogen) atoms. The van der Waals surface area contributed by atoms with Gasteiger partial charge in [0.15, 0.2) is 11.6 Å². The van der Waals surface area contributed by atoms with Crippen molar-refractivity contribution in [3.63, 3.8) is 0 Å². The van der Waals surface area contributed by atoms with Crippen LogP contribution in [0, 0.1) is 5.82 Å². The lowest BCUT2D eigenvalue weighted by atomic mass is 9.88. The molecule has 112 valence electrons. The Labute approximate surface area is 125 Å². The lowest BCUT2D eigenvalue weighted by Gasteiger charge is -2.25. The van der Waals surface area contributed by atoms with E-state index in [1.54, 1.807) is 25.1 Å². The van der Waals surface area contributed by atoms with Crippen molar-refractivity contribution in [3.8, 4) is 5.75 Å². The Kier molecular flexibility index (Phi) is 4.63. The Hall–Kier alpha value is -1.87. The molecule has 2 aromatic carbocycles. The maximum atomic E-state index is 14.2. The van der Waals surface area contributed by atoms with Crippen molar-refractivity contribution >= 4 is 0 Å². The molecule has 1 unspecified atom stereocenters. The minimum absolute atomic E-state index is 0.196. The summed E-state index contributed by atoms with van der Waals surface area (Å²) in [6.45, 7) is 3.78. The third kappa shape index (κ3) is 3.42. The van der Waals surface area contributed by atoms with Gasteiger partial charge in [0.1, 0.15) is 0 Å². The van der Waals surface area contributed by atoms with E-state index in [1.165, 1.54) is 12.7 Å². The van der Waals surface area contributed by atoms with Gasteiger partial charge in [0.25, 0.3) is 0 Å². The van der Waals surface area contributed by atoms with Gasteiger partial charge in [-0.2, -0.15) is 0 Å². The summed E-state index contributed by atoms with van der Waals surface area (Å²) in [5.74, 6) is -0.213. The zero-order valence-corrected chi connectivity index (χ0v) is 12.7. The molecule has 1 N–H and O–H groups in total. The molecule has 2 aromatic rings. The molecule has 0 amide bonds. The van der Waals surface area contributed by atoms with Crippen molar-refractivity contribution in [3.05, 3.63) is 65.0 Å². The first-order chi connectivity index (χ1) is 9.97. The van der Waals surface area contributed by atoms with Crippen LogP contribution in [-0.2, 0) is 18.4 Å². The monoisotopic (exact) mass is 288 g/mol. The number of rotatable bonds is 5. The summed E-state index contributed by atoms with van der Waals surface area (Å²) in [6, 6.07) is 12.8. The predicted molar refractivity (Wildman–Crippen MR) is 82.0 cm³/mol. The van der Waals surface area contributed by atoms with Gasteiger partial charge in [-0.25, -0.2) is 4.39 Å². The van der Waals surface area contributed by atoms with Crippen LogP contribution in [0.5, 0.6) is 5.75 Å². The number of aliphatic hydroxyl groups is 1. The normalized spacial score (nSPS) is 13.8. The highest BCUT2D eigenvalue weighted by Crippen LogP contribution is 2.29. The molecular weight excluding hydrogens is 267 g/mol. The van der Waals surface area contributed by atoms with E-state index in [-0.39, 0.29) is 12.2 Å². The molecule has 2 rings (SSSR count). The van der Waals surface area contributed by atoms with Crippen LogP contribution < -0.4 is 4.74 Å². The van der Waals surface area contributed by atoms with E-state index in [2.05, 4.69) is 6.92 Å². The highest BCUT2D eigenvalue weighted by Gasteiger charge is 2.25. The van der Waals surface area contributed by atoms with Crippen LogP contribution in [0.2, 0.25) is 0 Å². The van der Waals surface area contributed by atoms with Crippen molar-refractivity contribution < 1.29 is 14.2 Å². The van der Waals surface area contributed by atoms with E-state index in [1.807, 2.05) is 24.3 Å². The van der Waals surface area contributed by atoms with Crippen LogP contribution in [0.1, 0.15) is 30.5 Å². The standard InChI is InChI=1S/C18H21FO2/c1-4-13-8-10-15(11-9-13)18(2,20)12-14-6-5-7-16(21-3)17(14)19/h5-11,20H,4,12H2,1-3H3. The Bertz CT molecular complexity index is 603. The van der Waals surface area contributed by atoms with Crippen molar-refractivity contribution in [1.29, 1.82) is 0 Å². The summed E-state index contributed by atoms with van der Waals surface area (Å²) in [4.78, 5) is 0. The van der Waals surface area contributed by atoms with Crippen LogP contribution in [0.15, 0.2) is 42.5 Å². The number of hydrogen-bond donors (Lipinski definition) is 1. The average Bonchev–Trinajstić information content (AvgIpc) is 2.49. The molecule has 0 aromatic heterocycles. The zero-order chi connectivity index (χ0) is 15.5. The molecule has 0 aliphatic heterocycles. The Morgan fingerprint density at radius 2 is 1.81 bits per heavy atom. The third-order valence-electron chi connectivity index (χ3n) is 3.78. The highest BCUT2D eigenvalue weighted by atomic mass is 19.1. The Morgan fingerprint density at radius 3 is 2.38 bits per heavy atom. The summed E-state index contributed by atoms with van der Waals surface area (Å²) < 4.78 is 19.2. The predicted octanol–water partition coefficient (Wildman–Crippen LogP) is 3.85. The van der Waals surface area contributed by atoms with E-state index in [4.69, 9.17) is 4.74 Å². The SMILES string of the molecule is CCc1ccc(C(C)(O)Cc2cccc(OC)c2F)cc1. The summed E-state index contributed by atoms with van der Waals surface area (Å²) in [7, 11) is 1.43. The highest BCUT2D eigenvalue weighted by molar-refractivity contribution is 5.34. The van der Waals surface area contributed by atoms with E-state index in [0.717, 1.165) is 12.0 Å². The first kappa shape index (κ1) is 15.5. The molecule has 1 atom stereocenters. The number of methoxy groups -OCH3 is 1. The van der Waals surface area contributed by atoms with E-state index in [0.29, 0.717) is 5.56 Å². The number of hydrogen-bond acceptors (Lipinski definition) is 2. The van der Waals surface area contributed by atoms with Gasteiger partial charge in [0.2, 0.25) is 0 Å². The summed E-state index contributed by atoms with van der Waals surface area (Å²) in [5, 5.41) is 10.7. The molecule has 0 spiro atoms. The fourth-order valence-corrected chi connectivity index (χ4v) is 2.42. The van der Waals surface area contributed by atoms with Gasteiger partial charge < -0.3 is 9.84 Å². The minimum Gasteiger partial charge on any atom is -0.494 e. The Morgan fingerprint density at radius 1 is 1.14 bits per heavy atom. The van der Waals surface area contributed by atoms with Gasteiger partial charge in [-0.05, 0) is 36.1 Å². The smallest absolute Gasteiger partial charge is 0.168 e. The molecule has 0 saturated carbocycles. The lowest BCUT2D eigenvalue weighted by molar-refractivity contribution is 0.0566. The van der Waals surface area contributed by atoms with Gasteiger partial charge in [-0.1, -0.05) is 43.3 Å². The molecule has 0 fully saturated rings. The Balaban J connectivity index is 2.27. The van der Waals surface area contributed by atoms with Crippen LogP contribution in [0.4, 0.5) is 4.39 Å². The topological polar surface area (TPSA) is 29.5 Å². The van der Waals surface area contributed by atoms with Crippen molar-refractivity contribution in [2.45, 2.75) is 32.3 Å². The van der Waals surface area contributed by atoms with Gasteiger partial charge in [-0.3, -0.25) is 0 Å². The molecule has 0 radical (unpaired) electrons. The second kappa shape index (κ2) is 6.27. The second-order valence-electron chi connectivity index (χ2n) is 5.43. The van der Waals surface area contributed by atoms with Crippen LogP contribution in [-0.4, -0.2) is 12.2 Å². The molecule has 0 aliphatic rings. The first-order valence-electron chi connectivity index (χ1n) is 7.11. The minimum atomic E-state index is -1.13. The molecular formula is C18H21FO2. The van der Waals surface area contributed by atoms with E-state index < -0.39 is 11.4 Å². The van der Waals surface area contributed by atoms with Gasteiger partial charge in [0, 0.05) is 6.42 Å². The zero-order valence-electron chi connectivity index (χ0n) is 12.7. The van der Waals surface area contributed by atoms with Crippen molar-refractivity contribution in [2.75, 3.05) is 7.11 Å². The number of halogens is 1. The van der Waals surface area contributed by atoms with Crippen LogP contribution in [0.25, 0.3) is 0 Å². The van der Waals surface area contributed by atoms with Gasteiger partial charge >= 0.3 is 0 Å². The molecule has 3 heteroatoms. The molecule has 0 saturated heterocycles. The quantitative estimate of drug-likeness (QED) is 0.905. The summed E-state index contributed by atoms with van der Waals surface area (Å²) in [5.41, 5.74) is 1.31. The second-order valence-corrected chi connectivity index (χ2v) is 5.43. The number of benzene rings is 2. The molecule has 0 bridgehead atoms. The van der Waals surface area contributed by atoms with E-state index >= 15 is 0 Å². The van der Waals surface area contributed by atoms with Gasteiger partial charge in [-0.15, -0.1) is 0 Å². The summed E-state index contributed by atoms with van der Waals surface area (Å²) >= 11 is 0. The average molecular weight is 288 g/mol. The number of aryl methyl sites for hydroxylation is 1. The van der Waals surface area contributed by atoms with Crippen molar-refractivity contribution in [2.24, 2.45) is 0 Å². The fourth-order valence-electron chi connectivity index (χ4n) is 2.42. The maximum Gasteiger partial charge on any atom is 0.168 e. The molecule has 2 nitrogen and oxygen atoms in total. The fraction of sp³-hybridized carbons (Fsp3) is 0.333. The number of ether oxygens (including phenoxy) is 1. The lowest BCUT2D eigenvalue weighted by Crippen LogP contribution is -2.24. The maximum absolute atomic E-state index is 14.2. The first-order valence-corrected chi connectivity index (χ1v) is 7.11. The van der Waals surface area contributed by atoms with Crippen molar-refractivity contribution in [1.82, 2.24) is 0 Å².